The Morgan fingerprint density at radius 3 is 1.91 bits per heavy atom. The largest absolute Gasteiger partial charge is 0.509 e. The Kier molecular flexibility index (Phi) is 10.4. The van der Waals surface area contributed by atoms with Crippen molar-refractivity contribution in [1.29, 1.82) is 0 Å². The van der Waals surface area contributed by atoms with Gasteiger partial charge in [0.05, 0.1) is 2.74 Å². The van der Waals surface area contributed by atoms with Gasteiger partial charge in [0.15, 0.2) is 0 Å². The van der Waals surface area contributed by atoms with E-state index in [2.05, 4.69) is 154 Å². The summed E-state index contributed by atoms with van der Waals surface area (Å²) in [7, 11) is 0. The van der Waals surface area contributed by atoms with Crippen LogP contribution < -0.4 is 14.5 Å². The zero-order chi connectivity index (χ0) is 51.0. The second-order valence-corrected chi connectivity index (χ2v) is 19.4. The van der Waals surface area contributed by atoms with Crippen molar-refractivity contribution in [1.82, 2.24) is 9.55 Å². The zero-order valence-corrected chi connectivity index (χ0v) is 41.6. The van der Waals surface area contributed by atoms with Gasteiger partial charge in [-0.1, -0.05) is 168 Å². The molecular weight excluding hydrogens is 1020 g/mol. The Morgan fingerprint density at radius 1 is 0.565 bits per heavy atom. The predicted molar refractivity (Wildman–Crippen MR) is 283 cm³/mol. The molecule has 3 heterocycles. The summed E-state index contributed by atoms with van der Waals surface area (Å²) in [6.45, 7) is 12.6. The van der Waals surface area contributed by atoms with E-state index in [1.807, 2.05) is 83.4 Å². The van der Waals surface area contributed by atoms with E-state index in [1.54, 1.807) is 6.07 Å². The second-order valence-electron chi connectivity index (χ2n) is 19.4. The van der Waals surface area contributed by atoms with Gasteiger partial charge in [-0.05, 0) is 92.3 Å². The van der Waals surface area contributed by atoms with Crippen LogP contribution in [-0.4, -0.2) is 9.55 Å². The smallest absolute Gasteiger partial charge is 0.135 e. The number of nitrogens with zero attached hydrogens (tertiary/aromatic N) is 4. The van der Waals surface area contributed by atoms with Gasteiger partial charge in [0.1, 0.15) is 5.82 Å². The quantitative estimate of drug-likeness (QED) is 0.142. The third-order valence-corrected chi connectivity index (χ3v) is 12.7. The minimum absolute atomic E-state index is 0. The number of pyridine rings is 1. The first kappa shape index (κ1) is 39.8. The normalized spacial score (nSPS) is 13.9. The standard InChI is InChI=1S/C63H53N4O.Pt/c1-42-33-34-64-60(35-42)67-56-24-12-11-21-54(56)55-32-31-51(40-59(55)67)68-50-20-15-19-49(39-50)65-41-66(58-26-14-13-25-57(58)65)61-52(45-29-27-44(28-30-45)43-17-9-8-10-18-43)22-16-23-53(61)46-36-47(62(2,3)4)38-48(37-46)63(5,6)7;/h8-38,41H,1-7H3;/q-3;/i1D3,36D,37D;. The summed E-state index contributed by atoms with van der Waals surface area (Å²) in [5.74, 6) is 1.39. The summed E-state index contributed by atoms with van der Waals surface area (Å²) < 4.78 is 52.7. The van der Waals surface area contributed by atoms with Crippen LogP contribution in [0.3, 0.4) is 0 Å². The molecule has 1 aliphatic heterocycles. The molecule has 2 aromatic heterocycles. The molecule has 0 bridgehead atoms. The Hall–Kier alpha value is -7.20. The van der Waals surface area contributed by atoms with Crippen molar-refractivity contribution in [3.05, 3.63) is 224 Å². The molecular formula is C63H53N4OPt-3. The fourth-order valence-electron chi connectivity index (χ4n) is 9.12. The van der Waals surface area contributed by atoms with E-state index in [0.717, 1.165) is 78.0 Å². The average Bonchev–Trinajstić information content (AvgIpc) is 3.93. The van der Waals surface area contributed by atoms with Gasteiger partial charge in [-0.3, -0.25) is 0 Å². The number of anilines is 4. The number of ether oxygens (including phenoxy) is 1. The summed E-state index contributed by atoms with van der Waals surface area (Å²) in [6, 6.07) is 64.1. The number of fused-ring (bicyclic) bond motifs is 4. The summed E-state index contributed by atoms with van der Waals surface area (Å²) in [4.78, 5) is 8.92. The Bertz CT molecular complexity index is 3710. The number of para-hydroxylation sites is 4. The van der Waals surface area contributed by atoms with E-state index in [9.17, 15) is 2.74 Å². The van der Waals surface area contributed by atoms with Gasteiger partial charge in [-0.2, -0.15) is 12.1 Å². The first-order chi connectivity index (χ1) is 34.9. The summed E-state index contributed by atoms with van der Waals surface area (Å²) in [5.41, 5.74) is 11.8. The maximum Gasteiger partial charge on any atom is 0.135 e. The Morgan fingerprint density at radius 2 is 1.19 bits per heavy atom. The molecule has 0 fully saturated rings. The number of aryl methyl sites for hydroxylation is 1. The minimum Gasteiger partial charge on any atom is -0.509 e. The molecule has 0 unspecified atom stereocenters. The van der Waals surface area contributed by atoms with Crippen LogP contribution in [-0.2, 0) is 31.9 Å². The summed E-state index contributed by atoms with van der Waals surface area (Å²) >= 11 is 0. The first-order valence-corrected chi connectivity index (χ1v) is 23.0. The van der Waals surface area contributed by atoms with Crippen molar-refractivity contribution >= 4 is 44.6 Å². The molecule has 0 saturated carbocycles. The molecule has 11 rings (SSSR count). The summed E-state index contributed by atoms with van der Waals surface area (Å²) in [5, 5.41) is 1.90. The molecule has 8 aromatic carbocycles. The molecule has 0 spiro atoms. The van der Waals surface area contributed by atoms with Gasteiger partial charge < -0.3 is 19.1 Å². The van der Waals surface area contributed by atoms with Crippen LogP contribution in [0.4, 0.5) is 22.7 Å². The molecule has 0 radical (unpaired) electrons. The van der Waals surface area contributed by atoms with Gasteiger partial charge in [0.25, 0.3) is 0 Å². The van der Waals surface area contributed by atoms with E-state index in [-0.39, 0.29) is 37.5 Å². The van der Waals surface area contributed by atoms with Crippen LogP contribution in [0, 0.1) is 25.7 Å². The molecule has 0 amide bonds. The number of benzene rings is 8. The van der Waals surface area contributed by atoms with E-state index < -0.39 is 6.85 Å². The molecule has 69 heavy (non-hydrogen) atoms. The predicted octanol–water partition coefficient (Wildman–Crippen LogP) is 16.9. The van der Waals surface area contributed by atoms with E-state index >= 15 is 0 Å². The van der Waals surface area contributed by atoms with Crippen LogP contribution in [0.15, 0.2) is 188 Å². The van der Waals surface area contributed by atoms with Crippen molar-refractivity contribution in [2.45, 2.75) is 59.2 Å². The van der Waals surface area contributed by atoms with Gasteiger partial charge in [-0.25, -0.2) is 4.98 Å². The Balaban J connectivity index is 0.00000626. The number of hydrogen-bond acceptors (Lipinski definition) is 4. The van der Waals surface area contributed by atoms with Crippen molar-refractivity contribution in [3.8, 4) is 50.7 Å². The molecule has 0 aliphatic carbocycles. The van der Waals surface area contributed by atoms with Crippen LogP contribution in [0.25, 0.3) is 61.0 Å². The van der Waals surface area contributed by atoms with Crippen LogP contribution >= 0.6 is 0 Å². The van der Waals surface area contributed by atoms with Gasteiger partial charge in [0, 0.05) is 76.6 Å². The number of rotatable bonds is 8. The van der Waals surface area contributed by atoms with E-state index in [4.69, 9.17) is 8.85 Å². The van der Waals surface area contributed by atoms with Gasteiger partial charge in [0.2, 0.25) is 0 Å². The van der Waals surface area contributed by atoms with E-state index in [1.165, 1.54) is 12.3 Å². The van der Waals surface area contributed by atoms with Gasteiger partial charge in [-0.15, -0.1) is 48.1 Å². The molecule has 1 aliphatic rings. The Labute approximate surface area is 428 Å². The van der Waals surface area contributed by atoms with Crippen LogP contribution in [0.1, 0.15) is 65.1 Å². The maximum atomic E-state index is 9.94. The maximum absolute atomic E-state index is 9.94. The molecule has 0 atom stereocenters. The molecule has 5 nitrogen and oxygen atoms in total. The third kappa shape index (κ3) is 8.66. The zero-order valence-electron chi connectivity index (χ0n) is 44.3. The fraction of sp³-hybridized carbons (Fsp3) is 0.143. The second kappa shape index (κ2) is 18.0. The molecule has 344 valence electrons. The van der Waals surface area contributed by atoms with Crippen molar-refractivity contribution in [3.63, 3.8) is 0 Å². The third-order valence-electron chi connectivity index (χ3n) is 12.7. The van der Waals surface area contributed by atoms with Gasteiger partial charge >= 0.3 is 0 Å². The van der Waals surface area contributed by atoms with Crippen molar-refractivity contribution < 1.29 is 32.7 Å². The minimum atomic E-state index is -2.30. The fourth-order valence-corrected chi connectivity index (χ4v) is 9.12. The molecule has 6 heteroatoms. The van der Waals surface area contributed by atoms with Crippen LogP contribution in [0.5, 0.6) is 11.5 Å². The monoisotopic (exact) mass is 1080 g/mol. The topological polar surface area (TPSA) is 33.5 Å². The number of hydrogen-bond donors (Lipinski definition) is 0. The van der Waals surface area contributed by atoms with Crippen molar-refractivity contribution in [2.24, 2.45) is 0 Å². The molecule has 10 aromatic rings. The first-order valence-electron chi connectivity index (χ1n) is 25.5. The SMILES string of the molecule is [2H]c1c(C(C)(C)C)cc(C(C)(C)C)c([2H])c1-c1cccc(-c2ccc(-c3ccccc3)cc2)c1N1[CH-]N(c2[c-]c(Oc3[c-]c4c(cc3)c3ccccc3n4-c3cc(C([2H])([2H])[2H])ccn3)ccc2)c2ccccc21.[Pt]. The average molecular weight is 1080 g/mol. The van der Waals surface area contributed by atoms with E-state index in [0.29, 0.717) is 40.5 Å². The summed E-state index contributed by atoms with van der Waals surface area (Å²) in [6.07, 6.45) is 1.53. The van der Waals surface area contributed by atoms with Crippen molar-refractivity contribution in [2.75, 3.05) is 9.80 Å². The number of aromatic nitrogens is 2. The molecule has 0 saturated heterocycles. The van der Waals surface area contributed by atoms with Crippen LogP contribution in [0.2, 0.25) is 0 Å². The molecule has 0 N–H and O–H groups in total.